The predicted molar refractivity (Wildman–Crippen MR) is 234 cm³/mol. The van der Waals surface area contributed by atoms with Gasteiger partial charge in [0.25, 0.3) is 8.32 Å². The second kappa shape index (κ2) is 16.6. The summed E-state index contributed by atoms with van der Waals surface area (Å²) in [6.45, 7) is 12.9. The lowest BCUT2D eigenvalue weighted by atomic mass is 9.76. The Morgan fingerprint density at radius 2 is 1.28 bits per heavy atom. The molecule has 6 nitrogen and oxygen atoms in total. The van der Waals surface area contributed by atoms with E-state index < -0.39 is 25.7 Å². The molecule has 0 amide bonds. The molecular formula is C50H49FN4O2Si. The third-order valence-electron chi connectivity index (χ3n) is 11.2. The molecule has 292 valence electrons. The van der Waals surface area contributed by atoms with Crippen LogP contribution in [0.4, 0.5) is 10.1 Å². The van der Waals surface area contributed by atoms with E-state index in [0.29, 0.717) is 40.7 Å². The summed E-state index contributed by atoms with van der Waals surface area (Å²) < 4.78 is 33.0. The first-order chi connectivity index (χ1) is 28.0. The van der Waals surface area contributed by atoms with E-state index in [-0.39, 0.29) is 10.8 Å². The van der Waals surface area contributed by atoms with Gasteiger partial charge in [-0.15, -0.1) is 0 Å². The highest BCUT2D eigenvalue weighted by Crippen LogP contribution is 2.46. The van der Waals surface area contributed by atoms with Gasteiger partial charge in [0.1, 0.15) is 28.9 Å². The molecule has 0 spiro atoms. The maximum atomic E-state index is 17.8. The Bertz CT molecular complexity index is 2400. The molecular weight excluding hydrogens is 736 g/mol. The zero-order valence-electron chi connectivity index (χ0n) is 33.9. The van der Waals surface area contributed by atoms with E-state index >= 15 is 4.39 Å². The number of nitrogens with zero attached hydrogens (tertiary/aromatic N) is 3. The van der Waals surface area contributed by atoms with E-state index in [0.717, 1.165) is 22.3 Å². The minimum atomic E-state index is -2.53. The van der Waals surface area contributed by atoms with E-state index in [4.69, 9.17) is 14.1 Å². The summed E-state index contributed by atoms with van der Waals surface area (Å²) in [5.74, 6) is 0.674. The summed E-state index contributed by atoms with van der Waals surface area (Å²) in [5, 5.41) is 13.2. The largest absolute Gasteiger partial charge is 0.541 e. The van der Waals surface area contributed by atoms with Crippen molar-refractivity contribution in [3.63, 3.8) is 0 Å². The van der Waals surface area contributed by atoms with Crippen LogP contribution in [0.2, 0.25) is 18.1 Å². The van der Waals surface area contributed by atoms with Crippen LogP contribution in [-0.4, -0.2) is 24.5 Å². The van der Waals surface area contributed by atoms with Crippen LogP contribution < -0.4 is 14.5 Å². The molecule has 0 aliphatic carbocycles. The molecule has 0 bridgehead atoms. The Balaban J connectivity index is 1.61. The number of imidazole rings is 1. The third kappa shape index (κ3) is 7.78. The van der Waals surface area contributed by atoms with Crippen molar-refractivity contribution in [2.24, 2.45) is 0 Å². The Hall–Kier alpha value is -6.43. The fourth-order valence-electron chi connectivity index (χ4n) is 7.21. The van der Waals surface area contributed by atoms with Crippen molar-refractivity contribution in [3.8, 4) is 28.8 Å². The first-order valence-corrected chi connectivity index (χ1v) is 22.6. The van der Waals surface area contributed by atoms with Gasteiger partial charge in [0, 0.05) is 29.1 Å². The van der Waals surface area contributed by atoms with E-state index in [1.165, 1.54) is 0 Å². The summed E-state index contributed by atoms with van der Waals surface area (Å²) >= 11 is 0. The topological polar surface area (TPSA) is 72.1 Å². The molecule has 0 fully saturated rings. The molecule has 1 N–H and O–H groups in total. The highest BCUT2D eigenvalue weighted by atomic mass is 28.4. The van der Waals surface area contributed by atoms with Crippen molar-refractivity contribution in [1.82, 2.24) is 9.55 Å². The monoisotopic (exact) mass is 784 g/mol. The number of nitriles is 1. The van der Waals surface area contributed by atoms with Gasteiger partial charge >= 0.3 is 0 Å². The average Bonchev–Trinajstić information content (AvgIpc) is 3.68. The summed E-state index contributed by atoms with van der Waals surface area (Å²) in [6.07, 6.45) is 2.09. The molecule has 0 aliphatic heterocycles. The zero-order chi connectivity index (χ0) is 40.9. The van der Waals surface area contributed by atoms with Gasteiger partial charge in [-0.1, -0.05) is 142 Å². The Kier molecular flexibility index (Phi) is 11.4. The molecule has 0 aliphatic rings. The van der Waals surface area contributed by atoms with Crippen molar-refractivity contribution in [1.29, 1.82) is 5.26 Å². The molecule has 1 heterocycles. The van der Waals surface area contributed by atoms with Gasteiger partial charge in [-0.25, -0.2) is 9.37 Å². The van der Waals surface area contributed by atoms with E-state index in [2.05, 4.69) is 92.4 Å². The summed E-state index contributed by atoms with van der Waals surface area (Å²) in [6, 6.07) is 53.1. The molecule has 1 atom stereocenters. The number of anilines is 1. The third-order valence-corrected chi connectivity index (χ3v) is 15.5. The fourth-order valence-corrected chi connectivity index (χ4v) is 8.22. The minimum absolute atomic E-state index is 0.140. The van der Waals surface area contributed by atoms with Crippen LogP contribution in [0, 0.1) is 17.1 Å². The number of halogens is 1. The van der Waals surface area contributed by atoms with Crippen LogP contribution >= 0.6 is 0 Å². The predicted octanol–water partition coefficient (Wildman–Crippen LogP) is 12.4. The number of benzene rings is 6. The van der Waals surface area contributed by atoms with E-state index in [1.54, 1.807) is 24.3 Å². The minimum Gasteiger partial charge on any atom is -0.541 e. The van der Waals surface area contributed by atoms with Crippen LogP contribution in [0.25, 0.3) is 11.3 Å². The molecule has 7 rings (SSSR count). The highest BCUT2D eigenvalue weighted by molar-refractivity contribution is 6.74. The van der Waals surface area contributed by atoms with Gasteiger partial charge in [-0.2, -0.15) is 5.26 Å². The quantitative estimate of drug-likeness (QED) is 0.0931. The molecule has 0 radical (unpaired) electrons. The van der Waals surface area contributed by atoms with Crippen LogP contribution in [0.3, 0.4) is 0 Å². The Morgan fingerprint density at radius 3 is 1.76 bits per heavy atom. The number of rotatable bonds is 13. The zero-order valence-corrected chi connectivity index (χ0v) is 34.9. The molecule has 0 saturated heterocycles. The lowest BCUT2D eigenvalue weighted by Crippen LogP contribution is -2.44. The van der Waals surface area contributed by atoms with E-state index in [1.807, 2.05) is 104 Å². The molecule has 6 aromatic carbocycles. The lowest BCUT2D eigenvalue weighted by Gasteiger charge is -2.40. The second-order valence-corrected chi connectivity index (χ2v) is 20.6. The molecule has 58 heavy (non-hydrogen) atoms. The van der Waals surface area contributed by atoms with Gasteiger partial charge in [0.2, 0.25) is 0 Å². The van der Waals surface area contributed by atoms with Gasteiger partial charge in [-0.05, 0) is 72.1 Å². The molecule has 7 aromatic rings. The Morgan fingerprint density at radius 1 is 0.759 bits per heavy atom. The van der Waals surface area contributed by atoms with Crippen molar-refractivity contribution in [2.45, 2.75) is 57.4 Å². The first-order valence-electron chi connectivity index (χ1n) is 19.7. The fraction of sp³-hybridized carbons (Fsp3) is 0.200. The maximum absolute atomic E-state index is 17.8. The van der Waals surface area contributed by atoms with Crippen molar-refractivity contribution in [3.05, 3.63) is 203 Å². The summed E-state index contributed by atoms with van der Waals surface area (Å²) in [7, 11) is -2.53. The SMILES string of the molecule is CCOc1cc(O[Si](C)(C)C(C)(C)C)c(F)c(C(Nc2ccc(C#N)cc2)c2nc(-c3ccccc3)cn2C(c2ccccc2)(c2ccccc2)c2ccccc2)c1. The first kappa shape index (κ1) is 39.8. The molecule has 8 heteroatoms. The average molecular weight is 785 g/mol. The van der Waals surface area contributed by atoms with Crippen LogP contribution in [-0.2, 0) is 5.54 Å². The number of aromatic nitrogens is 2. The summed E-state index contributed by atoms with van der Waals surface area (Å²) in [5.41, 5.74) is 5.12. The van der Waals surface area contributed by atoms with Crippen molar-refractivity contribution < 1.29 is 13.6 Å². The highest BCUT2D eigenvalue weighted by Gasteiger charge is 2.43. The number of ether oxygens (including phenoxy) is 1. The second-order valence-electron chi connectivity index (χ2n) is 15.9. The number of nitrogens with one attached hydrogen (secondary N) is 1. The smallest absolute Gasteiger partial charge is 0.250 e. The van der Waals surface area contributed by atoms with Crippen LogP contribution in [0.15, 0.2) is 164 Å². The van der Waals surface area contributed by atoms with Crippen LogP contribution in [0.5, 0.6) is 11.5 Å². The van der Waals surface area contributed by atoms with Gasteiger partial charge in [-0.3, -0.25) is 0 Å². The Labute approximate surface area is 342 Å². The van der Waals surface area contributed by atoms with Gasteiger partial charge in [0.15, 0.2) is 5.82 Å². The van der Waals surface area contributed by atoms with Gasteiger partial charge < -0.3 is 19.0 Å². The van der Waals surface area contributed by atoms with Crippen molar-refractivity contribution in [2.75, 3.05) is 11.9 Å². The van der Waals surface area contributed by atoms with Crippen LogP contribution in [0.1, 0.15) is 67.4 Å². The normalized spacial score (nSPS) is 12.4. The lowest BCUT2D eigenvalue weighted by molar-refractivity contribution is 0.336. The number of hydrogen-bond donors (Lipinski definition) is 1. The van der Waals surface area contributed by atoms with E-state index in [9.17, 15) is 5.26 Å². The molecule has 0 saturated carbocycles. The molecule has 1 aromatic heterocycles. The number of hydrogen-bond acceptors (Lipinski definition) is 5. The maximum Gasteiger partial charge on any atom is 0.250 e. The molecule has 1 unspecified atom stereocenters. The van der Waals surface area contributed by atoms with Gasteiger partial charge in [0.05, 0.1) is 23.9 Å². The summed E-state index contributed by atoms with van der Waals surface area (Å²) in [4.78, 5) is 5.50. The standard InChI is InChI=1S/C50H49FN4O2Si/c1-7-56-42-32-43(46(51)45(33-42)57-58(5,6)49(2,3)4)47(53-41-30-28-36(34-52)29-31-41)48-54-44(37-20-12-8-13-21-37)35-55(48)50(38-22-14-9-15-23-38,39-24-16-10-17-25-39)40-26-18-11-19-27-40/h8-33,35,47,53H,7H2,1-6H3. The van der Waals surface area contributed by atoms with Crippen molar-refractivity contribution >= 4 is 14.0 Å².